The Hall–Kier alpha value is -4.06. The number of rotatable bonds is 4. The van der Waals surface area contributed by atoms with Crippen molar-refractivity contribution in [3.05, 3.63) is 77.1 Å². The summed E-state index contributed by atoms with van der Waals surface area (Å²) in [5, 5.41) is 2.56. The number of fused-ring (bicyclic) bond motifs is 3. The quantitative estimate of drug-likeness (QED) is 0.454. The third-order valence-corrected chi connectivity index (χ3v) is 5.16. The number of hydrogen-bond donors (Lipinski definition) is 2. The van der Waals surface area contributed by atoms with Crippen molar-refractivity contribution in [2.24, 2.45) is 0 Å². The highest BCUT2D eigenvalue weighted by atomic mass is 19.4. The number of hydrogen-bond acceptors (Lipinski definition) is 5. The number of ether oxygens (including phenoxy) is 1. The zero-order chi connectivity index (χ0) is 23.4. The number of nitrogens with zero attached hydrogens (tertiary/aromatic N) is 2. The fraction of sp³-hybridized carbons (Fsp3) is 0.208. The second kappa shape index (κ2) is 9.20. The van der Waals surface area contributed by atoms with E-state index in [9.17, 15) is 18.0 Å². The molecule has 0 radical (unpaired) electrons. The standard InChI is InChI=1S/C24H19F3N4O2/c25-24(26,27)21-15(13-30-22(28)31-21)7-5-6-12-29-23(32)33-14-20-18-10-3-1-8-16(18)17-9-2-4-11-19(17)20/h1-4,8-11,13,20H,6,12,14H2,(H,29,32)(H2,28,30,31). The Morgan fingerprint density at radius 1 is 1.09 bits per heavy atom. The summed E-state index contributed by atoms with van der Waals surface area (Å²) in [6.07, 6.45) is -4.27. The molecule has 1 aromatic heterocycles. The maximum absolute atomic E-state index is 13.0. The van der Waals surface area contributed by atoms with E-state index >= 15 is 0 Å². The Morgan fingerprint density at radius 3 is 2.36 bits per heavy atom. The third kappa shape index (κ3) is 4.90. The lowest BCUT2D eigenvalue weighted by atomic mass is 9.98. The summed E-state index contributed by atoms with van der Waals surface area (Å²) >= 11 is 0. The van der Waals surface area contributed by atoms with Gasteiger partial charge in [-0.25, -0.2) is 14.8 Å². The van der Waals surface area contributed by atoms with Gasteiger partial charge in [-0.1, -0.05) is 60.4 Å². The zero-order valence-corrected chi connectivity index (χ0v) is 17.3. The number of carbonyl (C=O) groups excluding carboxylic acids is 1. The van der Waals surface area contributed by atoms with Gasteiger partial charge in [-0.2, -0.15) is 13.2 Å². The molecule has 168 valence electrons. The molecule has 0 aliphatic heterocycles. The van der Waals surface area contributed by atoms with Gasteiger partial charge in [0.05, 0.1) is 5.56 Å². The first-order valence-electron chi connectivity index (χ1n) is 10.1. The van der Waals surface area contributed by atoms with Crippen LogP contribution in [0.1, 0.15) is 34.7 Å². The molecule has 1 aliphatic rings. The second-order valence-electron chi connectivity index (χ2n) is 7.29. The molecule has 3 N–H and O–H groups in total. The first-order valence-corrected chi connectivity index (χ1v) is 10.1. The van der Waals surface area contributed by atoms with Gasteiger partial charge in [0, 0.05) is 25.1 Å². The van der Waals surface area contributed by atoms with Crippen molar-refractivity contribution in [2.75, 3.05) is 18.9 Å². The Morgan fingerprint density at radius 2 is 1.73 bits per heavy atom. The summed E-state index contributed by atoms with van der Waals surface area (Å²) in [4.78, 5) is 18.9. The predicted molar refractivity (Wildman–Crippen MR) is 116 cm³/mol. The minimum absolute atomic E-state index is 0.0609. The van der Waals surface area contributed by atoms with E-state index in [1.54, 1.807) is 0 Å². The molecular formula is C24H19F3N4O2. The highest BCUT2D eigenvalue weighted by Gasteiger charge is 2.35. The Kier molecular flexibility index (Phi) is 6.18. The van der Waals surface area contributed by atoms with E-state index in [1.165, 1.54) is 0 Å². The van der Waals surface area contributed by atoms with E-state index in [0.717, 1.165) is 28.5 Å². The van der Waals surface area contributed by atoms with Crippen LogP contribution < -0.4 is 11.1 Å². The molecule has 0 saturated heterocycles. The molecule has 2 aromatic carbocycles. The summed E-state index contributed by atoms with van der Waals surface area (Å²) in [5.41, 5.74) is 8.12. The van der Waals surface area contributed by atoms with E-state index in [-0.39, 0.29) is 31.1 Å². The van der Waals surface area contributed by atoms with Crippen molar-refractivity contribution in [1.82, 2.24) is 15.3 Å². The minimum Gasteiger partial charge on any atom is -0.449 e. The molecule has 0 bridgehead atoms. The summed E-state index contributed by atoms with van der Waals surface area (Å²) in [7, 11) is 0. The lowest BCUT2D eigenvalue weighted by molar-refractivity contribution is -0.141. The summed E-state index contributed by atoms with van der Waals surface area (Å²) < 4.78 is 44.5. The number of alkyl carbamates (subject to hydrolysis) is 1. The van der Waals surface area contributed by atoms with E-state index in [4.69, 9.17) is 10.5 Å². The summed E-state index contributed by atoms with van der Waals surface area (Å²) in [5.74, 6) is 4.41. The van der Waals surface area contributed by atoms with Gasteiger partial charge < -0.3 is 15.8 Å². The van der Waals surface area contributed by atoms with Crippen LogP contribution in [0.5, 0.6) is 0 Å². The highest BCUT2D eigenvalue weighted by Crippen LogP contribution is 2.44. The molecule has 3 aromatic rings. The normalized spacial score (nSPS) is 12.3. The van der Waals surface area contributed by atoms with E-state index in [2.05, 4.69) is 27.1 Å². The van der Waals surface area contributed by atoms with Crippen LogP contribution in [0.4, 0.5) is 23.9 Å². The van der Waals surface area contributed by atoms with Gasteiger partial charge in [0.1, 0.15) is 6.61 Å². The SMILES string of the molecule is Nc1ncc(C#CCCNC(=O)OCC2c3ccccc3-c3ccccc32)c(C(F)(F)F)n1. The van der Waals surface area contributed by atoms with Gasteiger partial charge in [0.15, 0.2) is 5.69 Å². The number of nitrogens with one attached hydrogen (secondary N) is 1. The molecular weight excluding hydrogens is 433 g/mol. The Labute approximate surface area is 188 Å². The Bertz CT molecular complexity index is 1200. The zero-order valence-electron chi connectivity index (χ0n) is 17.3. The maximum atomic E-state index is 13.0. The molecule has 4 rings (SSSR count). The van der Waals surface area contributed by atoms with Crippen LogP contribution in [-0.2, 0) is 10.9 Å². The molecule has 1 aliphatic carbocycles. The number of alkyl halides is 3. The fourth-order valence-corrected chi connectivity index (χ4v) is 3.74. The van der Waals surface area contributed by atoms with Crippen LogP contribution in [0.25, 0.3) is 11.1 Å². The molecule has 6 nitrogen and oxygen atoms in total. The lowest BCUT2D eigenvalue weighted by Crippen LogP contribution is -2.26. The van der Waals surface area contributed by atoms with Gasteiger partial charge >= 0.3 is 12.3 Å². The molecule has 1 amide bonds. The molecule has 0 spiro atoms. The van der Waals surface area contributed by atoms with Gasteiger partial charge in [0.2, 0.25) is 5.95 Å². The van der Waals surface area contributed by atoms with Crippen molar-refractivity contribution in [1.29, 1.82) is 0 Å². The highest BCUT2D eigenvalue weighted by molar-refractivity contribution is 5.79. The van der Waals surface area contributed by atoms with Crippen LogP contribution in [0.15, 0.2) is 54.7 Å². The number of halogens is 3. The van der Waals surface area contributed by atoms with Crippen LogP contribution in [0, 0.1) is 11.8 Å². The summed E-state index contributed by atoms with van der Waals surface area (Å²) in [6.45, 7) is 0.282. The number of benzene rings is 2. The topological polar surface area (TPSA) is 90.1 Å². The van der Waals surface area contributed by atoms with Crippen molar-refractivity contribution < 1.29 is 22.7 Å². The van der Waals surface area contributed by atoms with Crippen LogP contribution in [0.3, 0.4) is 0 Å². The summed E-state index contributed by atoms with van der Waals surface area (Å²) in [6, 6.07) is 16.0. The van der Waals surface area contributed by atoms with Crippen LogP contribution in [0.2, 0.25) is 0 Å². The average molecular weight is 452 g/mol. The van der Waals surface area contributed by atoms with Gasteiger partial charge in [-0.15, -0.1) is 0 Å². The van der Waals surface area contributed by atoms with Crippen molar-refractivity contribution in [3.8, 4) is 23.0 Å². The van der Waals surface area contributed by atoms with E-state index in [0.29, 0.717) is 0 Å². The van der Waals surface area contributed by atoms with E-state index < -0.39 is 23.9 Å². The smallest absolute Gasteiger partial charge is 0.434 e. The molecule has 0 saturated carbocycles. The van der Waals surface area contributed by atoms with Gasteiger partial charge in [0.25, 0.3) is 0 Å². The molecule has 0 atom stereocenters. The van der Waals surface area contributed by atoms with Gasteiger partial charge in [-0.05, 0) is 22.3 Å². The van der Waals surface area contributed by atoms with Crippen LogP contribution in [-0.4, -0.2) is 29.2 Å². The number of anilines is 1. The Balaban J connectivity index is 1.31. The number of aromatic nitrogens is 2. The molecule has 33 heavy (non-hydrogen) atoms. The minimum atomic E-state index is -4.69. The fourth-order valence-electron chi connectivity index (χ4n) is 3.74. The second-order valence-corrected chi connectivity index (χ2v) is 7.29. The van der Waals surface area contributed by atoms with Gasteiger partial charge in [-0.3, -0.25) is 0 Å². The average Bonchev–Trinajstić information content (AvgIpc) is 3.11. The van der Waals surface area contributed by atoms with Crippen molar-refractivity contribution >= 4 is 12.0 Å². The first kappa shape index (κ1) is 22.1. The lowest BCUT2D eigenvalue weighted by Gasteiger charge is -2.14. The molecule has 1 heterocycles. The van der Waals surface area contributed by atoms with E-state index in [1.807, 2.05) is 48.5 Å². The molecule has 0 unspecified atom stereocenters. The number of nitrogens with two attached hydrogens (primary N) is 1. The molecule has 0 fully saturated rings. The number of carbonyl (C=O) groups is 1. The monoisotopic (exact) mass is 452 g/mol. The predicted octanol–water partition coefficient (Wildman–Crippen LogP) is 4.36. The third-order valence-electron chi connectivity index (χ3n) is 5.16. The van der Waals surface area contributed by atoms with Crippen molar-refractivity contribution in [2.45, 2.75) is 18.5 Å². The van der Waals surface area contributed by atoms with Crippen LogP contribution >= 0.6 is 0 Å². The maximum Gasteiger partial charge on any atom is 0.434 e. The van der Waals surface area contributed by atoms with Crippen molar-refractivity contribution in [3.63, 3.8) is 0 Å². The first-order chi connectivity index (χ1) is 15.8. The molecule has 9 heteroatoms. The number of nitrogen functional groups attached to an aromatic ring is 1. The number of amides is 1. The largest absolute Gasteiger partial charge is 0.449 e.